The summed E-state index contributed by atoms with van der Waals surface area (Å²) in [5.74, 6) is -0.417. The van der Waals surface area contributed by atoms with E-state index in [1.54, 1.807) is 0 Å². The van der Waals surface area contributed by atoms with Crippen molar-refractivity contribution in [3.8, 4) is 0 Å². The SMILES string of the molecule is COC(=O)c1c(C)oc(C)c1S(=O)(=O)N1CC(CO)C1. The molecule has 1 aliphatic rings. The third kappa shape index (κ3) is 2.23. The largest absolute Gasteiger partial charge is 0.465 e. The highest BCUT2D eigenvalue weighted by atomic mass is 32.2. The Kier molecular flexibility index (Phi) is 3.90. The quantitative estimate of drug-likeness (QED) is 0.803. The van der Waals surface area contributed by atoms with Crippen LogP contribution in [-0.2, 0) is 14.8 Å². The first-order chi connectivity index (χ1) is 9.32. The molecule has 20 heavy (non-hydrogen) atoms. The summed E-state index contributed by atoms with van der Waals surface area (Å²) in [7, 11) is -2.63. The molecule has 112 valence electrons. The van der Waals surface area contributed by atoms with Crippen LogP contribution in [0.5, 0.6) is 0 Å². The number of aryl methyl sites for hydroxylation is 2. The lowest BCUT2D eigenvalue weighted by atomic mass is 10.1. The average molecular weight is 303 g/mol. The zero-order chi connectivity index (χ0) is 15.1. The molecule has 0 unspecified atom stereocenters. The van der Waals surface area contributed by atoms with Gasteiger partial charge in [0.15, 0.2) is 0 Å². The molecule has 1 fully saturated rings. The van der Waals surface area contributed by atoms with Crippen molar-refractivity contribution in [3.63, 3.8) is 0 Å². The molecule has 0 spiro atoms. The van der Waals surface area contributed by atoms with Crippen molar-refractivity contribution < 1.29 is 27.5 Å². The Balaban J connectivity index is 2.45. The first-order valence-electron chi connectivity index (χ1n) is 6.12. The summed E-state index contributed by atoms with van der Waals surface area (Å²) in [6.07, 6.45) is 0. The molecule has 0 aromatic carbocycles. The molecule has 1 N–H and O–H groups in total. The number of furan rings is 1. The topological polar surface area (TPSA) is 97.0 Å². The predicted molar refractivity (Wildman–Crippen MR) is 68.9 cm³/mol. The van der Waals surface area contributed by atoms with Crippen LogP contribution >= 0.6 is 0 Å². The normalized spacial score (nSPS) is 17.0. The van der Waals surface area contributed by atoms with E-state index in [1.807, 2.05) is 0 Å². The maximum atomic E-state index is 12.5. The molecular weight excluding hydrogens is 286 g/mol. The van der Waals surface area contributed by atoms with Gasteiger partial charge in [0.25, 0.3) is 0 Å². The number of nitrogens with zero attached hydrogens (tertiary/aromatic N) is 1. The van der Waals surface area contributed by atoms with Crippen molar-refractivity contribution in [1.29, 1.82) is 0 Å². The zero-order valence-electron chi connectivity index (χ0n) is 11.5. The highest BCUT2D eigenvalue weighted by Gasteiger charge is 2.41. The minimum Gasteiger partial charge on any atom is -0.465 e. The number of esters is 1. The molecule has 8 heteroatoms. The van der Waals surface area contributed by atoms with Gasteiger partial charge in [-0.2, -0.15) is 4.31 Å². The molecule has 1 aromatic heterocycles. The van der Waals surface area contributed by atoms with Gasteiger partial charge in [-0.05, 0) is 13.8 Å². The lowest BCUT2D eigenvalue weighted by Crippen LogP contribution is -2.51. The lowest BCUT2D eigenvalue weighted by Gasteiger charge is -2.36. The van der Waals surface area contributed by atoms with E-state index in [0.29, 0.717) is 0 Å². The van der Waals surface area contributed by atoms with E-state index in [2.05, 4.69) is 4.74 Å². The van der Waals surface area contributed by atoms with Crippen LogP contribution in [0.4, 0.5) is 0 Å². The van der Waals surface area contributed by atoms with E-state index in [-0.39, 0.29) is 47.6 Å². The number of aliphatic hydroxyl groups is 1. The van der Waals surface area contributed by atoms with Crippen LogP contribution in [0.2, 0.25) is 0 Å². The number of rotatable bonds is 4. The van der Waals surface area contributed by atoms with Crippen molar-refractivity contribution >= 4 is 16.0 Å². The van der Waals surface area contributed by atoms with Gasteiger partial charge in [-0.15, -0.1) is 0 Å². The monoisotopic (exact) mass is 303 g/mol. The average Bonchev–Trinajstić information content (AvgIpc) is 2.62. The van der Waals surface area contributed by atoms with Crippen LogP contribution in [0.3, 0.4) is 0 Å². The maximum Gasteiger partial charge on any atom is 0.342 e. The van der Waals surface area contributed by atoms with E-state index in [9.17, 15) is 13.2 Å². The Hall–Kier alpha value is -1.38. The number of hydrogen-bond donors (Lipinski definition) is 1. The van der Waals surface area contributed by atoms with Gasteiger partial charge in [0, 0.05) is 25.6 Å². The zero-order valence-corrected chi connectivity index (χ0v) is 12.4. The van der Waals surface area contributed by atoms with Gasteiger partial charge in [0.05, 0.1) is 7.11 Å². The van der Waals surface area contributed by atoms with Crippen LogP contribution in [0.25, 0.3) is 0 Å². The Morgan fingerprint density at radius 2 is 2.00 bits per heavy atom. The predicted octanol–water partition coefficient (Wildman–Crippen LogP) is 0.296. The summed E-state index contributed by atoms with van der Waals surface area (Å²) in [6, 6.07) is 0. The Labute approximate surface area is 117 Å². The van der Waals surface area contributed by atoms with Gasteiger partial charge in [0.2, 0.25) is 10.0 Å². The molecule has 0 atom stereocenters. The van der Waals surface area contributed by atoms with Gasteiger partial charge in [-0.25, -0.2) is 13.2 Å². The Morgan fingerprint density at radius 3 is 2.50 bits per heavy atom. The first-order valence-corrected chi connectivity index (χ1v) is 7.56. The standard InChI is InChI=1S/C12H17NO6S/c1-7-10(12(15)18-3)11(8(2)19-7)20(16,17)13-4-9(5-13)6-14/h9,14H,4-6H2,1-3H3. The van der Waals surface area contributed by atoms with Crippen LogP contribution in [-0.4, -0.2) is 50.6 Å². The highest BCUT2D eigenvalue weighted by Crippen LogP contribution is 2.32. The maximum absolute atomic E-state index is 12.5. The Bertz CT molecular complexity index is 627. The second-order valence-corrected chi connectivity index (χ2v) is 6.66. The van der Waals surface area contributed by atoms with Crippen molar-refractivity contribution in [2.24, 2.45) is 5.92 Å². The molecule has 7 nitrogen and oxygen atoms in total. The van der Waals surface area contributed by atoms with Crippen LogP contribution < -0.4 is 0 Å². The molecule has 2 heterocycles. The molecule has 0 amide bonds. The fourth-order valence-electron chi connectivity index (χ4n) is 2.28. The van der Waals surface area contributed by atoms with Gasteiger partial charge < -0.3 is 14.3 Å². The van der Waals surface area contributed by atoms with E-state index >= 15 is 0 Å². The van der Waals surface area contributed by atoms with Crippen LogP contribution in [0.15, 0.2) is 9.31 Å². The third-order valence-corrected chi connectivity index (χ3v) is 5.36. The minimum absolute atomic E-state index is 0.0559. The van der Waals surface area contributed by atoms with Crippen molar-refractivity contribution in [2.45, 2.75) is 18.7 Å². The molecule has 0 aliphatic carbocycles. The molecular formula is C12H17NO6S. The van der Waals surface area contributed by atoms with Gasteiger partial charge >= 0.3 is 5.97 Å². The lowest BCUT2D eigenvalue weighted by molar-refractivity contribution is 0.0594. The number of sulfonamides is 1. The van der Waals surface area contributed by atoms with Crippen molar-refractivity contribution in [2.75, 3.05) is 26.8 Å². The molecule has 0 radical (unpaired) electrons. The second kappa shape index (κ2) is 5.19. The molecule has 1 aromatic rings. The fraction of sp³-hybridized carbons (Fsp3) is 0.583. The number of methoxy groups -OCH3 is 1. The van der Waals surface area contributed by atoms with Crippen molar-refractivity contribution in [3.05, 3.63) is 17.1 Å². The summed E-state index contributed by atoms with van der Waals surface area (Å²) >= 11 is 0. The highest BCUT2D eigenvalue weighted by molar-refractivity contribution is 7.89. The van der Waals surface area contributed by atoms with E-state index in [0.717, 1.165) is 0 Å². The fourth-order valence-corrected chi connectivity index (χ4v) is 4.24. The molecule has 0 saturated carbocycles. The number of ether oxygens (including phenoxy) is 1. The molecule has 0 bridgehead atoms. The number of carbonyl (C=O) groups excluding carboxylic acids is 1. The van der Waals surface area contributed by atoms with Gasteiger partial charge in [-0.3, -0.25) is 0 Å². The Morgan fingerprint density at radius 1 is 1.40 bits per heavy atom. The van der Waals surface area contributed by atoms with Gasteiger partial charge in [0.1, 0.15) is 22.0 Å². The summed E-state index contributed by atoms with van der Waals surface area (Å²) in [4.78, 5) is 11.6. The molecule has 2 rings (SSSR count). The molecule has 1 aliphatic heterocycles. The van der Waals surface area contributed by atoms with Crippen LogP contribution in [0.1, 0.15) is 21.9 Å². The van der Waals surface area contributed by atoms with E-state index in [1.165, 1.54) is 25.3 Å². The van der Waals surface area contributed by atoms with E-state index < -0.39 is 16.0 Å². The van der Waals surface area contributed by atoms with Gasteiger partial charge in [-0.1, -0.05) is 0 Å². The van der Waals surface area contributed by atoms with Crippen molar-refractivity contribution in [1.82, 2.24) is 4.31 Å². The summed E-state index contributed by atoms with van der Waals surface area (Å²) in [6.45, 7) is 3.44. The number of hydrogen-bond acceptors (Lipinski definition) is 6. The smallest absolute Gasteiger partial charge is 0.342 e. The third-order valence-electron chi connectivity index (χ3n) is 3.37. The minimum atomic E-state index is -3.81. The number of carbonyl (C=O) groups is 1. The summed E-state index contributed by atoms with van der Waals surface area (Å²) in [5.41, 5.74) is -0.0579. The second-order valence-electron chi connectivity index (χ2n) is 4.78. The molecule has 1 saturated heterocycles. The van der Waals surface area contributed by atoms with Crippen LogP contribution in [0, 0.1) is 19.8 Å². The van der Waals surface area contributed by atoms with E-state index in [4.69, 9.17) is 9.52 Å². The number of aliphatic hydroxyl groups excluding tert-OH is 1. The summed E-state index contributed by atoms with van der Waals surface area (Å²) < 4.78 is 36.2. The summed E-state index contributed by atoms with van der Waals surface area (Å²) in [5, 5.41) is 8.97. The first kappa shape index (κ1) is 15.0.